The van der Waals surface area contributed by atoms with E-state index in [0.717, 1.165) is 10.8 Å². The van der Waals surface area contributed by atoms with Gasteiger partial charge in [-0.25, -0.2) is 0 Å². The molecule has 0 aromatic heterocycles. The summed E-state index contributed by atoms with van der Waals surface area (Å²) in [6.07, 6.45) is 1.28. The molecule has 0 fully saturated rings. The molecule has 1 radical (unpaired) electrons. The third-order valence-corrected chi connectivity index (χ3v) is 2.31. The number of rotatable bonds is 2. The van der Waals surface area contributed by atoms with Crippen molar-refractivity contribution in [2.75, 3.05) is 0 Å². The SMILES string of the molecule is [CH]=Cc1c([N+](=O)[O-])ccc2ccccc12. The molecule has 2 aromatic rings. The zero-order valence-electron chi connectivity index (χ0n) is 7.88. The normalized spacial score (nSPS) is 10.1. The van der Waals surface area contributed by atoms with Gasteiger partial charge in [0.1, 0.15) is 0 Å². The number of nitro groups is 1. The van der Waals surface area contributed by atoms with Crippen LogP contribution >= 0.6 is 0 Å². The van der Waals surface area contributed by atoms with Crippen molar-refractivity contribution in [3.8, 4) is 0 Å². The first-order valence-electron chi connectivity index (χ1n) is 4.45. The summed E-state index contributed by atoms with van der Waals surface area (Å²) in [5, 5.41) is 12.5. The van der Waals surface area contributed by atoms with E-state index >= 15 is 0 Å². The molecule has 3 heteroatoms. The second-order valence-corrected chi connectivity index (χ2v) is 3.14. The standard InChI is InChI=1S/C12H8NO2/c1-2-10-11-6-4-3-5-9(11)7-8-12(10)13(14)15/h1-8H. The molecule has 0 aliphatic heterocycles. The maximum atomic E-state index is 10.8. The molecule has 0 spiro atoms. The van der Waals surface area contributed by atoms with Gasteiger partial charge in [-0.3, -0.25) is 10.1 Å². The van der Waals surface area contributed by atoms with Gasteiger partial charge in [0.25, 0.3) is 5.69 Å². The molecule has 0 amide bonds. The Balaban J connectivity index is 2.87. The summed E-state index contributed by atoms with van der Waals surface area (Å²) in [5.74, 6) is 0. The Labute approximate surface area is 86.8 Å². The highest BCUT2D eigenvalue weighted by atomic mass is 16.6. The van der Waals surface area contributed by atoms with Gasteiger partial charge in [0.05, 0.1) is 10.5 Å². The average Bonchev–Trinajstić information content (AvgIpc) is 2.27. The zero-order valence-corrected chi connectivity index (χ0v) is 7.88. The highest BCUT2D eigenvalue weighted by molar-refractivity contribution is 5.93. The Morgan fingerprint density at radius 3 is 2.60 bits per heavy atom. The molecule has 0 aliphatic carbocycles. The van der Waals surface area contributed by atoms with E-state index in [-0.39, 0.29) is 5.69 Å². The molecule has 0 saturated carbocycles. The second kappa shape index (κ2) is 3.53. The third-order valence-electron chi connectivity index (χ3n) is 2.31. The lowest BCUT2D eigenvalue weighted by molar-refractivity contribution is -0.384. The number of fused-ring (bicyclic) bond motifs is 1. The van der Waals surface area contributed by atoms with Crippen LogP contribution in [-0.4, -0.2) is 4.92 Å². The van der Waals surface area contributed by atoms with Crippen LogP contribution < -0.4 is 0 Å². The highest BCUT2D eigenvalue weighted by Crippen LogP contribution is 2.28. The molecule has 0 bridgehead atoms. The molecule has 3 nitrogen and oxygen atoms in total. The van der Waals surface area contributed by atoms with Crippen molar-refractivity contribution in [2.24, 2.45) is 0 Å². The van der Waals surface area contributed by atoms with Crippen molar-refractivity contribution in [2.45, 2.75) is 0 Å². The Hall–Kier alpha value is -2.16. The average molecular weight is 198 g/mol. The molecule has 2 rings (SSSR count). The predicted octanol–water partition coefficient (Wildman–Crippen LogP) is 3.19. The fourth-order valence-corrected chi connectivity index (χ4v) is 1.62. The molecule has 0 unspecified atom stereocenters. The second-order valence-electron chi connectivity index (χ2n) is 3.14. The summed E-state index contributed by atoms with van der Waals surface area (Å²) in [5.41, 5.74) is 0.509. The molecule has 73 valence electrons. The van der Waals surface area contributed by atoms with Crippen molar-refractivity contribution in [3.05, 3.63) is 58.7 Å². The van der Waals surface area contributed by atoms with Crippen LogP contribution in [0.5, 0.6) is 0 Å². The lowest BCUT2D eigenvalue weighted by Crippen LogP contribution is -1.92. The van der Waals surface area contributed by atoms with Gasteiger partial charge in [0.2, 0.25) is 0 Å². The number of nitro benzene ring substituents is 1. The van der Waals surface area contributed by atoms with E-state index in [1.165, 1.54) is 12.1 Å². The van der Waals surface area contributed by atoms with Gasteiger partial charge in [-0.1, -0.05) is 30.8 Å². The van der Waals surface area contributed by atoms with Crippen LogP contribution in [0, 0.1) is 16.7 Å². The minimum absolute atomic E-state index is 0.0381. The number of benzene rings is 2. The minimum Gasteiger partial charge on any atom is -0.258 e. The molecular weight excluding hydrogens is 190 g/mol. The first-order chi connectivity index (χ1) is 7.24. The summed E-state index contributed by atoms with van der Waals surface area (Å²) in [6, 6.07) is 10.6. The van der Waals surface area contributed by atoms with E-state index in [9.17, 15) is 10.1 Å². The van der Waals surface area contributed by atoms with Gasteiger partial charge in [0, 0.05) is 6.07 Å². The van der Waals surface area contributed by atoms with Crippen LogP contribution in [0.3, 0.4) is 0 Å². The fraction of sp³-hybridized carbons (Fsp3) is 0. The first kappa shape index (κ1) is 9.40. The maximum absolute atomic E-state index is 10.8. The molecule has 0 aliphatic rings. The molecule has 2 aromatic carbocycles. The van der Waals surface area contributed by atoms with E-state index in [4.69, 9.17) is 6.58 Å². The van der Waals surface area contributed by atoms with E-state index in [2.05, 4.69) is 0 Å². The monoisotopic (exact) mass is 198 g/mol. The molecule has 0 heterocycles. The largest absolute Gasteiger partial charge is 0.277 e. The van der Waals surface area contributed by atoms with Crippen molar-refractivity contribution in [1.29, 1.82) is 0 Å². The molecule has 0 N–H and O–H groups in total. The zero-order chi connectivity index (χ0) is 10.8. The lowest BCUT2D eigenvalue weighted by Gasteiger charge is -2.02. The van der Waals surface area contributed by atoms with Gasteiger partial charge < -0.3 is 0 Å². The van der Waals surface area contributed by atoms with E-state index in [1.54, 1.807) is 6.07 Å². The van der Waals surface area contributed by atoms with Crippen LogP contribution in [-0.2, 0) is 0 Å². The fourth-order valence-electron chi connectivity index (χ4n) is 1.62. The van der Waals surface area contributed by atoms with Gasteiger partial charge >= 0.3 is 0 Å². The van der Waals surface area contributed by atoms with Gasteiger partial charge in [0.15, 0.2) is 0 Å². The summed E-state index contributed by atoms with van der Waals surface area (Å²) in [6.45, 7) is 5.43. The van der Waals surface area contributed by atoms with Crippen LogP contribution in [0.2, 0.25) is 0 Å². The molecule has 0 atom stereocenters. The Bertz CT molecular complexity index is 546. The molecule has 15 heavy (non-hydrogen) atoms. The van der Waals surface area contributed by atoms with E-state index in [0.29, 0.717) is 5.56 Å². The quantitative estimate of drug-likeness (QED) is 0.549. The van der Waals surface area contributed by atoms with Crippen LogP contribution in [0.1, 0.15) is 5.56 Å². The molecular formula is C12H8NO2. The van der Waals surface area contributed by atoms with Crippen LogP contribution in [0.4, 0.5) is 5.69 Å². The number of hydrogen-bond donors (Lipinski definition) is 0. The lowest BCUT2D eigenvalue weighted by atomic mass is 10.0. The third kappa shape index (κ3) is 1.48. The summed E-state index contributed by atoms with van der Waals surface area (Å²) >= 11 is 0. The van der Waals surface area contributed by atoms with Gasteiger partial charge in [-0.15, -0.1) is 0 Å². The maximum Gasteiger partial charge on any atom is 0.277 e. The smallest absolute Gasteiger partial charge is 0.258 e. The number of hydrogen-bond acceptors (Lipinski definition) is 2. The van der Waals surface area contributed by atoms with Crippen molar-refractivity contribution in [3.63, 3.8) is 0 Å². The Morgan fingerprint density at radius 1 is 1.20 bits per heavy atom. The van der Waals surface area contributed by atoms with Crippen LogP contribution in [0.25, 0.3) is 16.8 Å². The summed E-state index contributed by atoms with van der Waals surface area (Å²) in [7, 11) is 0. The Morgan fingerprint density at radius 2 is 1.93 bits per heavy atom. The van der Waals surface area contributed by atoms with Crippen LogP contribution in [0.15, 0.2) is 36.4 Å². The van der Waals surface area contributed by atoms with Gasteiger partial charge in [-0.2, -0.15) is 0 Å². The van der Waals surface area contributed by atoms with Gasteiger partial charge in [-0.05, 0) is 22.9 Å². The van der Waals surface area contributed by atoms with E-state index < -0.39 is 4.92 Å². The Kier molecular flexibility index (Phi) is 2.21. The topological polar surface area (TPSA) is 43.1 Å². The van der Waals surface area contributed by atoms with Crippen molar-refractivity contribution in [1.82, 2.24) is 0 Å². The van der Waals surface area contributed by atoms with Crippen molar-refractivity contribution < 1.29 is 4.92 Å². The number of nitrogens with zero attached hydrogens (tertiary/aromatic N) is 1. The summed E-state index contributed by atoms with van der Waals surface area (Å²) in [4.78, 5) is 10.3. The van der Waals surface area contributed by atoms with E-state index in [1.807, 2.05) is 24.3 Å². The minimum atomic E-state index is -0.425. The first-order valence-corrected chi connectivity index (χ1v) is 4.45. The molecule has 0 saturated heterocycles. The van der Waals surface area contributed by atoms with Crippen molar-refractivity contribution >= 4 is 22.5 Å². The predicted molar refractivity (Wildman–Crippen MR) is 59.4 cm³/mol. The highest BCUT2D eigenvalue weighted by Gasteiger charge is 2.13. The summed E-state index contributed by atoms with van der Waals surface area (Å²) < 4.78 is 0.